The second-order valence-corrected chi connectivity index (χ2v) is 15.0. The first-order valence-electron chi connectivity index (χ1n) is 20.2. The Kier molecular flexibility index (Phi) is 14.8. The van der Waals surface area contributed by atoms with E-state index in [1.807, 2.05) is 30.3 Å². The molecule has 0 spiro atoms. The quantitative estimate of drug-likeness (QED) is 0.0415. The number of phenolic OH excluding ortho intramolecular Hbond substituents is 1. The molecular weight excluding hydrogens is 813 g/mol. The Hall–Kier alpha value is -7.57. The van der Waals surface area contributed by atoms with Crippen molar-refractivity contribution in [1.82, 2.24) is 31.2 Å². The van der Waals surface area contributed by atoms with Gasteiger partial charge in [0, 0.05) is 66.1 Å². The number of aromatic amines is 1. The van der Waals surface area contributed by atoms with Crippen molar-refractivity contribution >= 4 is 46.4 Å². The van der Waals surface area contributed by atoms with Crippen LogP contribution in [0.1, 0.15) is 47.9 Å². The van der Waals surface area contributed by atoms with Gasteiger partial charge in [-0.05, 0) is 73.7 Å². The maximum Gasteiger partial charge on any atom is 0.336 e. The molecule has 328 valence electrons. The molecule has 1 aliphatic heterocycles. The summed E-state index contributed by atoms with van der Waals surface area (Å²) in [6.45, 7) is 1.31. The predicted molar refractivity (Wildman–Crippen MR) is 233 cm³/mol. The van der Waals surface area contributed by atoms with E-state index in [2.05, 4.69) is 36.6 Å². The highest BCUT2D eigenvalue weighted by atomic mass is 16.4. The minimum absolute atomic E-state index is 0.0789. The van der Waals surface area contributed by atoms with Gasteiger partial charge in [0.1, 0.15) is 29.0 Å². The minimum Gasteiger partial charge on any atom is -0.508 e. The summed E-state index contributed by atoms with van der Waals surface area (Å²) in [5.74, 6) is -2.30. The molecule has 3 aromatic carbocycles. The molecular formula is C45H48N8O10. The summed E-state index contributed by atoms with van der Waals surface area (Å²) in [5, 5.41) is 44.4. The number of fused-ring (bicyclic) bond motifs is 2. The Morgan fingerprint density at radius 2 is 1.65 bits per heavy atom. The lowest BCUT2D eigenvalue weighted by atomic mass is 9.90. The molecule has 2 heterocycles. The van der Waals surface area contributed by atoms with Gasteiger partial charge in [-0.15, -0.1) is 0 Å². The predicted octanol–water partition coefficient (Wildman–Crippen LogP) is 3.26. The van der Waals surface area contributed by atoms with Gasteiger partial charge in [-0.25, -0.2) is 14.6 Å². The van der Waals surface area contributed by atoms with Crippen LogP contribution in [-0.2, 0) is 27.2 Å². The summed E-state index contributed by atoms with van der Waals surface area (Å²) < 4.78 is 5.87. The molecule has 11 N–H and O–H groups in total. The maximum absolute atomic E-state index is 13.4. The van der Waals surface area contributed by atoms with E-state index in [0.29, 0.717) is 40.7 Å². The van der Waals surface area contributed by atoms with Gasteiger partial charge in [0.25, 0.3) is 0 Å². The lowest BCUT2D eigenvalue weighted by Crippen LogP contribution is -2.55. The van der Waals surface area contributed by atoms with E-state index < -0.39 is 60.5 Å². The van der Waals surface area contributed by atoms with Crippen LogP contribution < -0.4 is 37.7 Å². The van der Waals surface area contributed by atoms with Gasteiger partial charge < -0.3 is 57.0 Å². The first-order chi connectivity index (χ1) is 30.2. The number of aromatic carboxylic acids is 1. The topological polar surface area (TPSA) is 291 Å². The first kappa shape index (κ1) is 45.0. The van der Waals surface area contributed by atoms with E-state index in [0.717, 1.165) is 5.56 Å². The van der Waals surface area contributed by atoms with E-state index in [9.17, 15) is 44.1 Å². The molecule has 1 aliphatic carbocycles. The van der Waals surface area contributed by atoms with Gasteiger partial charge in [0.05, 0.1) is 30.3 Å². The largest absolute Gasteiger partial charge is 0.508 e. The Morgan fingerprint density at radius 3 is 2.38 bits per heavy atom. The van der Waals surface area contributed by atoms with Gasteiger partial charge in [0.15, 0.2) is 5.43 Å². The summed E-state index contributed by atoms with van der Waals surface area (Å²) in [6, 6.07) is 18.8. The van der Waals surface area contributed by atoms with Crippen molar-refractivity contribution in [2.75, 3.05) is 18.4 Å². The van der Waals surface area contributed by atoms with Crippen molar-refractivity contribution in [2.24, 2.45) is 5.73 Å². The van der Waals surface area contributed by atoms with Crippen molar-refractivity contribution in [3.63, 3.8) is 0 Å². The molecule has 0 fully saturated rings. The number of aromatic hydroxyl groups is 1. The lowest BCUT2D eigenvalue weighted by molar-refractivity contribution is -0.130. The van der Waals surface area contributed by atoms with Crippen LogP contribution in [0.4, 0.5) is 10.5 Å². The third-order valence-corrected chi connectivity index (χ3v) is 10.3. The number of carboxylic acids is 1. The number of anilines is 1. The molecule has 0 radical (unpaired) electrons. The van der Waals surface area contributed by atoms with Crippen LogP contribution in [0.5, 0.6) is 5.75 Å². The van der Waals surface area contributed by atoms with Crippen LogP contribution in [0.15, 0.2) is 107 Å². The lowest BCUT2D eigenvalue weighted by Gasteiger charge is -2.25. The van der Waals surface area contributed by atoms with Gasteiger partial charge in [-0.1, -0.05) is 36.4 Å². The Labute approximate surface area is 360 Å². The fraction of sp³-hybridized carbons (Fsp3) is 0.267. The van der Waals surface area contributed by atoms with Crippen molar-refractivity contribution in [2.45, 2.75) is 63.3 Å². The number of carbonyl (C=O) groups is 5. The third kappa shape index (κ3) is 12.1. The summed E-state index contributed by atoms with van der Waals surface area (Å²) in [7, 11) is 0. The molecule has 63 heavy (non-hydrogen) atoms. The number of H-pyrrole nitrogens is 1. The molecule has 0 saturated heterocycles. The van der Waals surface area contributed by atoms with Crippen LogP contribution >= 0.6 is 0 Å². The fourth-order valence-electron chi connectivity index (χ4n) is 7.01. The number of benzene rings is 4. The first-order valence-corrected chi connectivity index (χ1v) is 20.2. The number of hydrogen-bond acceptors (Lipinski definition) is 11. The van der Waals surface area contributed by atoms with Gasteiger partial charge in [-0.3, -0.25) is 19.2 Å². The summed E-state index contributed by atoms with van der Waals surface area (Å²) >= 11 is 0. The summed E-state index contributed by atoms with van der Waals surface area (Å²) in [4.78, 5) is 83.7. The molecule has 5 amide bonds. The number of nitrogens with zero attached hydrogens (tertiary/aromatic N) is 1. The molecule has 0 bridgehead atoms. The molecule has 2 aliphatic rings. The monoisotopic (exact) mass is 860 g/mol. The van der Waals surface area contributed by atoms with Crippen LogP contribution in [-0.4, -0.2) is 92.3 Å². The molecule has 0 saturated carbocycles. The third-order valence-electron chi connectivity index (χ3n) is 10.3. The Balaban J connectivity index is 0.971. The number of urea groups is 1. The number of imidazole rings is 1. The van der Waals surface area contributed by atoms with E-state index in [1.165, 1.54) is 30.3 Å². The molecule has 4 aromatic rings. The Bertz CT molecular complexity index is 2600. The zero-order chi connectivity index (χ0) is 45.0. The standard InChI is InChI=1S/C45H48N8O10/c1-25(54)35(23-39-47-17-18-48-39)53-43(59)36(19-26-7-3-2-4-8-26)52-40(57)24-50-42(58)34(46)9-5-6-16-49-45(62)51-27-10-13-30(33(20-27)44(60)61)41-31-14-11-28(55)21-37(31)63-38-22-29(56)12-15-32(38)41/h2-4,7-8,10-15,17-18,20-22,25,34-36,54-55H,5-6,9,16,19,23-24,46H2,1H3,(H,47,48)(H,50,58)(H,52,57)(H,53,59)(H,60,61)(H2,49,51,62)/t25-,34-,35+,36+/m1/s1. The smallest absolute Gasteiger partial charge is 0.336 e. The van der Waals surface area contributed by atoms with Crippen molar-refractivity contribution in [3.05, 3.63) is 124 Å². The van der Waals surface area contributed by atoms with Crippen molar-refractivity contribution in [1.29, 1.82) is 0 Å². The van der Waals surface area contributed by atoms with Crippen LogP contribution in [0.25, 0.3) is 33.4 Å². The summed E-state index contributed by atoms with van der Waals surface area (Å²) in [5.41, 5.74) is 8.10. The second kappa shape index (κ2) is 20.8. The molecule has 18 nitrogen and oxygen atoms in total. The van der Waals surface area contributed by atoms with Crippen molar-refractivity contribution in [3.8, 4) is 28.2 Å². The number of amides is 5. The average Bonchev–Trinajstić information content (AvgIpc) is 3.77. The van der Waals surface area contributed by atoms with Gasteiger partial charge >= 0.3 is 12.0 Å². The number of rotatable bonds is 19. The zero-order valence-corrected chi connectivity index (χ0v) is 34.2. The van der Waals surface area contributed by atoms with E-state index in [1.54, 1.807) is 43.6 Å². The number of unbranched alkanes of at least 4 members (excludes halogenated alkanes) is 1. The minimum atomic E-state index is -1.27. The number of nitrogens with two attached hydrogens (primary N) is 1. The van der Waals surface area contributed by atoms with E-state index >= 15 is 0 Å². The molecule has 0 unspecified atom stereocenters. The normalized spacial score (nSPS) is 13.1. The van der Waals surface area contributed by atoms with Crippen LogP contribution in [0.2, 0.25) is 0 Å². The Morgan fingerprint density at radius 1 is 0.873 bits per heavy atom. The van der Waals surface area contributed by atoms with Crippen LogP contribution in [0, 0.1) is 0 Å². The second-order valence-electron chi connectivity index (χ2n) is 15.0. The molecule has 1 aromatic heterocycles. The molecule has 4 atom stereocenters. The zero-order valence-electron chi connectivity index (χ0n) is 34.2. The highest BCUT2D eigenvalue weighted by Gasteiger charge is 2.27. The number of phenols is 1. The number of carbonyl (C=O) groups excluding carboxylic acids is 4. The maximum atomic E-state index is 13.4. The molecule has 6 rings (SSSR count). The van der Waals surface area contributed by atoms with E-state index in [4.69, 9.17) is 10.2 Å². The SMILES string of the molecule is C[C@@H](O)[C@H](Cc1ncc[nH]1)NC(=O)[C@H](Cc1ccccc1)NC(=O)CNC(=O)[C@H](N)CCCCNC(=O)Nc1ccc(-c2c3ccc(=O)cc-3oc3cc(O)ccc23)c(C(=O)O)c1. The molecule has 18 heteroatoms. The summed E-state index contributed by atoms with van der Waals surface area (Å²) in [6.07, 6.45) is 3.78. The number of aromatic nitrogens is 2. The number of nitrogens with one attached hydrogen (secondary N) is 6. The van der Waals surface area contributed by atoms with E-state index in [-0.39, 0.29) is 59.6 Å². The number of hydrogen-bond donors (Lipinski definition) is 10. The van der Waals surface area contributed by atoms with Gasteiger partial charge in [0.2, 0.25) is 17.7 Å². The van der Waals surface area contributed by atoms with Gasteiger partial charge in [-0.2, -0.15) is 0 Å². The number of aliphatic hydroxyl groups is 1. The number of carboxylic acid groups (broad SMARTS) is 1. The highest BCUT2D eigenvalue weighted by Crippen LogP contribution is 2.42. The van der Waals surface area contributed by atoms with Crippen LogP contribution in [0.3, 0.4) is 0 Å². The van der Waals surface area contributed by atoms with Crippen molar-refractivity contribution < 1.29 is 43.7 Å². The fourth-order valence-corrected chi connectivity index (χ4v) is 7.01. The average molecular weight is 861 g/mol. The number of aliphatic hydroxyl groups excluding tert-OH is 1. The highest BCUT2D eigenvalue weighted by molar-refractivity contribution is 6.08.